The number of ether oxygens (including phenoxy) is 2. The van der Waals surface area contributed by atoms with E-state index in [1.54, 1.807) is 19.4 Å². The molecule has 21 heavy (non-hydrogen) atoms. The summed E-state index contributed by atoms with van der Waals surface area (Å²) in [6.45, 7) is 8.79. The van der Waals surface area contributed by atoms with E-state index in [9.17, 15) is 0 Å². The van der Waals surface area contributed by atoms with Gasteiger partial charge in [-0.3, -0.25) is 0 Å². The summed E-state index contributed by atoms with van der Waals surface area (Å²) in [5.74, 6) is 1.36. The van der Waals surface area contributed by atoms with Crippen LogP contribution >= 0.6 is 0 Å². The van der Waals surface area contributed by atoms with Crippen molar-refractivity contribution in [2.75, 3.05) is 33.4 Å². The zero-order valence-electron chi connectivity index (χ0n) is 12.8. The third-order valence-corrected chi connectivity index (χ3v) is 2.51. The fraction of sp³-hybridized carbons (Fsp3) is 0.467. The van der Waals surface area contributed by atoms with Crippen molar-refractivity contribution in [3.8, 4) is 5.88 Å². The average molecular weight is 292 g/mol. The zero-order chi connectivity index (χ0) is 15.3. The predicted molar refractivity (Wildman–Crippen MR) is 84.6 cm³/mol. The first kappa shape index (κ1) is 17.0. The van der Waals surface area contributed by atoms with E-state index in [0.29, 0.717) is 32.2 Å². The zero-order valence-corrected chi connectivity index (χ0v) is 12.8. The normalized spacial score (nSPS) is 11.0. The van der Waals surface area contributed by atoms with Gasteiger partial charge in [0.25, 0.3) is 0 Å². The number of hydrogen-bond acceptors (Lipinski definition) is 4. The number of pyridine rings is 1. The van der Waals surface area contributed by atoms with Crippen LogP contribution in [0.15, 0.2) is 36.0 Å². The highest BCUT2D eigenvalue weighted by molar-refractivity contribution is 5.79. The van der Waals surface area contributed by atoms with Crippen molar-refractivity contribution in [2.45, 2.75) is 13.5 Å². The van der Waals surface area contributed by atoms with Crippen LogP contribution in [0.4, 0.5) is 0 Å². The molecule has 0 atom stereocenters. The molecule has 0 aliphatic heterocycles. The molecule has 0 aliphatic carbocycles. The minimum Gasteiger partial charge on any atom is -0.475 e. The smallest absolute Gasteiger partial charge is 0.213 e. The van der Waals surface area contributed by atoms with Crippen LogP contribution in [0.2, 0.25) is 0 Å². The van der Waals surface area contributed by atoms with Crippen LogP contribution < -0.4 is 15.4 Å². The van der Waals surface area contributed by atoms with Crippen molar-refractivity contribution in [1.82, 2.24) is 15.6 Å². The number of guanidine groups is 1. The molecular formula is C15H24N4O2. The van der Waals surface area contributed by atoms with Gasteiger partial charge in [0.1, 0.15) is 6.61 Å². The minimum atomic E-state index is 0.497. The van der Waals surface area contributed by atoms with Crippen LogP contribution in [0, 0.1) is 0 Å². The summed E-state index contributed by atoms with van der Waals surface area (Å²) in [6.07, 6.45) is 3.56. The molecule has 1 aromatic heterocycles. The van der Waals surface area contributed by atoms with Gasteiger partial charge in [0.05, 0.1) is 13.2 Å². The Balaban J connectivity index is 2.50. The molecule has 0 amide bonds. The van der Waals surface area contributed by atoms with E-state index in [-0.39, 0.29) is 0 Å². The maximum atomic E-state index is 5.41. The Hall–Kier alpha value is -2.08. The lowest BCUT2D eigenvalue weighted by molar-refractivity contribution is 0.143. The van der Waals surface area contributed by atoms with E-state index >= 15 is 0 Å². The number of nitrogens with one attached hydrogen (secondary N) is 2. The Kier molecular flexibility index (Phi) is 8.63. The van der Waals surface area contributed by atoms with E-state index in [1.165, 1.54) is 0 Å². The third-order valence-electron chi connectivity index (χ3n) is 2.51. The minimum absolute atomic E-state index is 0.497. The second-order valence-electron chi connectivity index (χ2n) is 4.21. The Labute approximate surface area is 126 Å². The summed E-state index contributed by atoms with van der Waals surface area (Å²) in [6, 6.07) is 3.79. The molecule has 116 valence electrons. The summed E-state index contributed by atoms with van der Waals surface area (Å²) in [5, 5.41) is 6.31. The standard InChI is InChI=1S/C15H24N4O2/c1-4-8-17-15(16-5-2)19-12-13-6-7-14(18-11-13)21-10-9-20-3/h4,6-7,11H,1,5,8-10,12H2,2-3H3,(H2,16,17,19). The molecule has 0 aliphatic rings. The van der Waals surface area contributed by atoms with Crippen molar-refractivity contribution < 1.29 is 9.47 Å². The van der Waals surface area contributed by atoms with Crippen LogP contribution in [-0.2, 0) is 11.3 Å². The molecule has 0 spiro atoms. The summed E-state index contributed by atoms with van der Waals surface area (Å²) < 4.78 is 10.3. The molecule has 0 saturated carbocycles. The highest BCUT2D eigenvalue weighted by Gasteiger charge is 1.98. The fourth-order valence-electron chi connectivity index (χ4n) is 1.50. The Morgan fingerprint density at radius 2 is 2.24 bits per heavy atom. The van der Waals surface area contributed by atoms with E-state index in [4.69, 9.17) is 9.47 Å². The van der Waals surface area contributed by atoms with Gasteiger partial charge in [0, 0.05) is 32.5 Å². The molecule has 6 heteroatoms. The lowest BCUT2D eigenvalue weighted by Crippen LogP contribution is -2.37. The number of methoxy groups -OCH3 is 1. The summed E-state index contributed by atoms with van der Waals surface area (Å²) >= 11 is 0. The Morgan fingerprint density at radius 1 is 1.38 bits per heavy atom. The monoisotopic (exact) mass is 292 g/mol. The van der Waals surface area contributed by atoms with E-state index in [0.717, 1.165) is 18.1 Å². The van der Waals surface area contributed by atoms with Crippen molar-refractivity contribution in [3.05, 3.63) is 36.5 Å². The average Bonchev–Trinajstić information content (AvgIpc) is 2.51. The number of aromatic nitrogens is 1. The molecule has 1 rings (SSSR count). The Bertz CT molecular complexity index is 432. The third kappa shape index (κ3) is 7.31. The second kappa shape index (κ2) is 10.7. The quantitative estimate of drug-likeness (QED) is 0.311. The van der Waals surface area contributed by atoms with Crippen molar-refractivity contribution in [3.63, 3.8) is 0 Å². The summed E-state index contributed by atoms with van der Waals surface area (Å²) in [4.78, 5) is 8.70. The number of hydrogen-bond donors (Lipinski definition) is 2. The van der Waals surface area contributed by atoms with Gasteiger partial charge in [-0.2, -0.15) is 0 Å². The molecule has 0 fully saturated rings. The highest BCUT2D eigenvalue weighted by atomic mass is 16.5. The molecule has 2 N–H and O–H groups in total. The van der Waals surface area contributed by atoms with Gasteiger partial charge in [-0.25, -0.2) is 9.98 Å². The molecular weight excluding hydrogens is 268 g/mol. The topological polar surface area (TPSA) is 67.8 Å². The molecule has 1 aromatic rings. The predicted octanol–water partition coefficient (Wildman–Crippen LogP) is 1.35. The van der Waals surface area contributed by atoms with Crippen molar-refractivity contribution >= 4 is 5.96 Å². The van der Waals surface area contributed by atoms with Gasteiger partial charge in [-0.05, 0) is 12.5 Å². The van der Waals surface area contributed by atoms with Gasteiger partial charge in [0.15, 0.2) is 5.96 Å². The summed E-state index contributed by atoms with van der Waals surface area (Å²) in [7, 11) is 1.64. The van der Waals surface area contributed by atoms with E-state index < -0.39 is 0 Å². The highest BCUT2D eigenvalue weighted by Crippen LogP contribution is 2.08. The number of rotatable bonds is 9. The van der Waals surface area contributed by atoms with Crippen LogP contribution in [0.25, 0.3) is 0 Å². The van der Waals surface area contributed by atoms with Crippen LogP contribution in [-0.4, -0.2) is 44.4 Å². The molecule has 0 bridgehead atoms. The van der Waals surface area contributed by atoms with Crippen LogP contribution in [0.5, 0.6) is 5.88 Å². The maximum Gasteiger partial charge on any atom is 0.213 e. The van der Waals surface area contributed by atoms with Gasteiger partial charge in [0.2, 0.25) is 5.88 Å². The first-order valence-electron chi connectivity index (χ1n) is 6.99. The molecule has 1 heterocycles. The fourth-order valence-corrected chi connectivity index (χ4v) is 1.50. The van der Waals surface area contributed by atoms with Crippen molar-refractivity contribution in [1.29, 1.82) is 0 Å². The SMILES string of the molecule is C=CCNC(=NCc1ccc(OCCOC)nc1)NCC. The number of aliphatic imine (C=N–C) groups is 1. The summed E-state index contributed by atoms with van der Waals surface area (Å²) in [5.41, 5.74) is 1.02. The lowest BCUT2D eigenvalue weighted by Gasteiger charge is -2.09. The van der Waals surface area contributed by atoms with E-state index in [1.807, 2.05) is 19.1 Å². The molecule has 6 nitrogen and oxygen atoms in total. The first-order valence-corrected chi connectivity index (χ1v) is 6.99. The van der Waals surface area contributed by atoms with Crippen molar-refractivity contribution in [2.24, 2.45) is 4.99 Å². The van der Waals surface area contributed by atoms with Crippen LogP contribution in [0.1, 0.15) is 12.5 Å². The van der Waals surface area contributed by atoms with Gasteiger partial charge in [-0.15, -0.1) is 6.58 Å². The number of nitrogens with zero attached hydrogens (tertiary/aromatic N) is 2. The Morgan fingerprint density at radius 3 is 2.86 bits per heavy atom. The molecule has 0 unspecified atom stereocenters. The maximum absolute atomic E-state index is 5.41. The molecule has 0 radical (unpaired) electrons. The largest absolute Gasteiger partial charge is 0.475 e. The van der Waals surface area contributed by atoms with Gasteiger partial charge < -0.3 is 20.1 Å². The van der Waals surface area contributed by atoms with Gasteiger partial charge >= 0.3 is 0 Å². The van der Waals surface area contributed by atoms with E-state index in [2.05, 4.69) is 27.2 Å². The lowest BCUT2D eigenvalue weighted by atomic mass is 10.3. The van der Waals surface area contributed by atoms with Gasteiger partial charge in [-0.1, -0.05) is 12.1 Å². The second-order valence-corrected chi connectivity index (χ2v) is 4.21. The molecule has 0 aromatic carbocycles. The van der Waals surface area contributed by atoms with Crippen LogP contribution in [0.3, 0.4) is 0 Å². The molecule has 0 saturated heterocycles. The first-order chi connectivity index (χ1) is 10.3.